The molecule has 1 N–H and O–H groups in total. The molecule has 3 heteroatoms. The molecule has 0 radical (unpaired) electrons. The summed E-state index contributed by atoms with van der Waals surface area (Å²) >= 11 is 5.37. The predicted octanol–water partition coefficient (Wildman–Crippen LogP) is 5.41. The molecule has 108 valence electrons. The number of halogens is 1. The zero-order valence-electron chi connectivity index (χ0n) is 12.3. The van der Waals surface area contributed by atoms with E-state index in [0.29, 0.717) is 12.0 Å². The van der Waals surface area contributed by atoms with Crippen molar-refractivity contribution in [1.82, 2.24) is 5.32 Å². The van der Waals surface area contributed by atoms with E-state index in [4.69, 9.17) is 0 Å². The lowest BCUT2D eigenvalue weighted by atomic mass is 9.97. The highest BCUT2D eigenvalue weighted by molar-refractivity contribution is 9.11. The van der Waals surface area contributed by atoms with Gasteiger partial charge in [-0.15, -0.1) is 11.3 Å². The third-order valence-electron chi connectivity index (χ3n) is 3.22. The normalized spacial score (nSPS) is 12.8. The van der Waals surface area contributed by atoms with E-state index in [1.165, 1.54) is 19.8 Å². The Morgan fingerprint density at radius 3 is 2.60 bits per heavy atom. The minimum Gasteiger partial charge on any atom is -0.306 e. The van der Waals surface area contributed by atoms with Gasteiger partial charge in [0, 0.05) is 4.88 Å². The molecule has 0 amide bonds. The van der Waals surface area contributed by atoms with Crippen LogP contribution in [0.1, 0.15) is 42.8 Å². The summed E-state index contributed by atoms with van der Waals surface area (Å²) in [6.45, 7) is 7.66. The fourth-order valence-corrected chi connectivity index (χ4v) is 3.97. The van der Waals surface area contributed by atoms with Crippen molar-refractivity contribution in [3.63, 3.8) is 0 Å². The van der Waals surface area contributed by atoms with Crippen LogP contribution in [0.15, 0.2) is 40.2 Å². The van der Waals surface area contributed by atoms with Gasteiger partial charge in [-0.25, -0.2) is 0 Å². The van der Waals surface area contributed by atoms with Crippen LogP contribution in [-0.4, -0.2) is 6.54 Å². The van der Waals surface area contributed by atoms with Crippen molar-refractivity contribution in [1.29, 1.82) is 0 Å². The number of benzene rings is 1. The zero-order chi connectivity index (χ0) is 14.5. The van der Waals surface area contributed by atoms with E-state index >= 15 is 0 Å². The van der Waals surface area contributed by atoms with Crippen molar-refractivity contribution in [3.8, 4) is 0 Å². The highest BCUT2D eigenvalue weighted by Crippen LogP contribution is 2.31. The third kappa shape index (κ3) is 4.18. The van der Waals surface area contributed by atoms with Crippen LogP contribution < -0.4 is 5.32 Å². The molecular formula is C17H22BrNS. The summed E-state index contributed by atoms with van der Waals surface area (Å²) in [7, 11) is 0. The summed E-state index contributed by atoms with van der Waals surface area (Å²) < 4.78 is 1.19. The fourth-order valence-electron chi connectivity index (χ4n) is 2.44. The number of rotatable bonds is 6. The van der Waals surface area contributed by atoms with Gasteiger partial charge in [0.2, 0.25) is 0 Å². The molecule has 1 unspecified atom stereocenters. The standard InChI is InChI=1S/C17H22BrNS/c1-4-19-17(15-8-9-16(18)20-15)14-7-5-6-13(11-14)10-12(2)3/h5-9,11-12,17,19H,4,10H2,1-3H3. The van der Waals surface area contributed by atoms with Crippen LogP contribution >= 0.6 is 27.3 Å². The van der Waals surface area contributed by atoms with Crippen LogP contribution in [0.5, 0.6) is 0 Å². The summed E-state index contributed by atoms with van der Waals surface area (Å²) in [4.78, 5) is 1.36. The van der Waals surface area contributed by atoms with E-state index in [2.05, 4.69) is 78.4 Å². The van der Waals surface area contributed by atoms with Gasteiger partial charge in [-0.2, -0.15) is 0 Å². The summed E-state index contributed by atoms with van der Waals surface area (Å²) in [5.74, 6) is 0.693. The molecule has 0 aliphatic rings. The largest absolute Gasteiger partial charge is 0.306 e. The number of hydrogen-bond acceptors (Lipinski definition) is 2. The number of hydrogen-bond donors (Lipinski definition) is 1. The first-order chi connectivity index (χ1) is 9.60. The van der Waals surface area contributed by atoms with E-state index in [1.807, 2.05) is 0 Å². The average molecular weight is 352 g/mol. The van der Waals surface area contributed by atoms with Crippen molar-refractivity contribution < 1.29 is 0 Å². The topological polar surface area (TPSA) is 12.0 Å². The molecule has 1 atom stereocenters. The average Bonchev–Trinajstić information content (AvgIpc) is 2.82. The Balaban J connectivity index is 2.29. The Hall–Kier alpha value is -0.640. The van der Waals surface area contributed by atoms with E-state index in [0.717, 1.165) is 13.0 Å². The smallest absolute Gasteiger partial charge is 0.0702 e. The third-order valence-corrected chi connectivity index (χ3v) is 4.90. The highest BCUT2D eigenvalue weighted by Gasteiger charge is 2.15. The van der Waals surface area contributed by atoms with E-state index < -0.39 is 0 Å². The molecule has 0 aliphatic carbocycles. The Labute approximate surface area is 134 Å². The molecule has 0 saturated heterocycles. The second-order valence-electron chi connectivity index (χ2n) is 5.48. The Kier molecular flexibility index (Phi) is 5.82. The minimum atomic E-state index is 0.295. The van der Waals surface area contributed by atoms with Gasteiger partial charge < -0.3 is 5.32 Å². The van der Waals surface area contributed by atoms with Crippen molar-refractivity contribution >= 4 is 27.3 Å². The molecular weight excluding hydrogens is 330 g/mol. The molecule has 0 bridgehead atoms. The number of thiophene rings is 1. The highest BCUT2D eigenvalue weighted by atomic mass is 79.9. The van der Waals surface area contributed by atoms with Gasteiger partial charge in [-0.1, -0.05) is 45.0 Å². The van der Waals surface area contributed by atoms with Gasteiger partial charge in [0.1, 0.15) is 0 Å². The summed E-state index contributed by atoms with van der Waals surface area (Å²) in [5.41, 5.74) is 2.79. The summed E-state index contributed by atoms with van der Waals surface area (Å²) in [6, 6.07) is 13.6. The van der Waals surface area contributed by atoms with Crippen LogP contribution in [0, 0.1) is 5.92 Å². The molecule has 1 nitrogen and oxygen atoms in total. The quantitative estimate of drug-likeness (QED) is 0.733. The Morgan fingerprint density at radius 2 is 2.00 bits per heavy atom. The molecule has 20 heavy (non-hydrogen) atoms. The minimum absolute atomic E-state index is 0.295. The monoisotopic (exact) mass is 351 g/mol. The van der Waals surface area contributed by atoms with Crippen molar-refractivity contribution in [2.45, 2.75) is 33.2 Å². The molecule has 0 spiro atoms. The summed E-state index contributed by atoms with van der Waals surface area (Å²) in [6.07, 6.45) is 1.14. The Bertz CT molecular complexity index is 547. The molecule has 1 aromatic heterocycles. The van der Waals surface area contributed by atoms with E-state index in [-0.39, 0.29) is 0 Å². The van der Waals surface area contributed by atoms with Crippen molar-refractivity contribution in [2.24, 2.45) is 5.92 Å². The van der Waals surface area contributed by atoms with Gasteiger partial charge in [0.05, 0.1) is 9.83 Å². The lowest BCUT2D eigenvalue weighted by molar-refractivity contribution is 0.630. The maximum atomic E-state index is 3.60. The van der Waals surface area contributed by atoms with Gasteiger partial charge >= 0.3 is 0 Å². The summed E-state index contributed by atoms with van der Waals surface area (Å²) in [5, 5.41) is 3.60. The van der Waals surface area contributed by atoms with Crippen molar-refractivity contribution in [3.05, 3.63) is 56.2 Å². The lowest BCUT2D eigenvalue weighted by Gasteiger charge is -2.18. The molecule has 1 heterocycles. The maximum Gasteiger partial charge on any atom is 0.0702 e. The second-order valence-corrected chi connectivity index (χ2v) is 7.97. The number of nitrogens with one attached hydrogen (secondary N) is 1. The molecule has 0 saturated carbocycles. The fraction of sp³-hybridized carbons (Fsp3) is 0.412. The molecule has 2 aromatic rings. The lowest BCUT2D eigenvalue weighted by Crippen LogP contribution is -2.21. The first kappa shape index (κ1) is 15.7. The zero-order valence-corrected chi connectivity index (χ0v) is 14.7. The van der Waals surface area contributed by atoms with Crippen LogP contribution in [-0.2, 0) is 6.42 Å². The Morgan fingerprint density at radius 1 is 1.20 bits per heavy atom. The molecule has 1 aromatic carbocycles. The van der Waals surface area contributed by atoms with E-state index in [1.54, 1.807) is 11.3 Å². The second kappa shape index (κ2) is 7.39. The molecule has 2 rings (SSSR count). The van der Waals surface area contributed by atoms with Crippen LogP contribution in [0.25, 0.3) is 0 Å². The molecule has 0 aliphatic heterocycles. The van der Waals surface area contributed by atoms with Gasteiger partial charge in [-0.05, 0) is 58.1 Å². The van der Waals surface area contributed by atoms with Crippen LogP contribution in [0.4, 0.5) is 0 Å². The van der Waals surface area contributed by atoms with Gasteiger partial charge in [-0.3, -0.25) is 0 Å². The molecule has 0 fully saturated rings. The SMILES string of the molecule is CCNC(c1cccc(CC(C)C)c1)c1ccc(Br)s1. The van der Waals surface area contributed by atoms with Gasteiger partial charge in [0.15, 0.2) is 0 Å². The predicted molar refractivity (Wildman–Crippen MR) is 92.5 cm³/mol. The maximum absolute atomic E-state index is 3.60. The van der Waals surface area contributed by atoms with Crippen molar-refractivity contribution in [2.75, 3.05) is 6.54 Å². The first-order valence-electron chi connectivity index (χ1n) is 7.17. The van der Waals surface area contributed by atoms with Crippen LogP contribution in [0.2, 0.25) is 0 Å². The van der Waals surface area contributed by atoms with E-state index in [9.17, 15) is 0 Å². The first-order valence-corrected chi connectivity index (χ1v) is 8.78. The van der Waals surface area contributed by atoms with Gasteiger partial charge in [0.25, 0.3) is 0 Å². The van der Waals surface area contributed by atoms with Crippen LogP contribution in [0.3, 0.4) is 0 Å².